The summed E-state index contributed by atoms with van der Waals surface area (Å²) in [5.74, 6) is 1.06. The fourth-order valence-corrected chi connectivity index (χ4v) is 10.7. The molecule has 2 bridgehead atoms. The van der Waals surface area contributed by atoms with E-state index in [0.717, 1.165) is 87.5 Å². The molecule has 7 rings (SSSR count). The highest BCUT2D eigenvalue weighted by atomic mass is 35.5. The first kappa shape index (κ1) is 35.1. The van der Waals surface area contributed by atoms with Gasteiger partial charge in [0.1, 0.15) is 5.75 Å². The van der Waals surface area contributed by atoms with Crippen LogP contribution in [0.2, 0.25) is 5.02 Å². The molecule has 1 spiro atoms. The van der Waals surface area contributed by atoms with Gasteiger partial charge >= 0.3 is 0 Å². The van der Waals surface area contributed by atoms with Gasteiger partial charge in [0.15, 0.2) is 6.29 Å². The second kappa shape index (κ2) is 14.0. The molecule has 8 atom stereocenters. The third-order valence-corrected chi connectivity index (χ3v) is 14.3. The Labute approximate surface area is 297 Å². The summed E-state index contributed by atoms with van der Waals surface area (Å²) in [5.41, 5.74) is 3.49. The van der Waals surface area contributed by atoms with Crippen molar-refractivity contribution >= 4 is 33.2 Å². The maximum absolute atomic E-state index is 13.6. The van der Waals surface area contributed by atoms with E-state index in [-0.39, 0.29) is 29.6 Å². The van der Waals surface area contributed by atoms with Gasteiger partial charge in [-0.2, -0.15) is 0 Å². The molecular formula is C38H52ClN3O6S. The number of rotatable bonds is 3. The minimum Gasteiger partial charge on any atom is -0.490 e. The van der Waals surface area contributed by atoms with Gasteiger partial charge in [-0.15, -0.1) is 0 Å². The molecule has 0 radical (unpaired) electrons. The molecule has 1 N–H and O–H groups in total. The number of carbonyl (C=O) groups excluding carboxylic acids is 1. The average molecular weight is 714 g/mol. The summed E-state index contributed by atoms with van der Waals surface area (Å²) >= 11 is 6.47. The van der Waals surface area contributed by atoms with Crippen LogP contribution in [0.1, 0.15) is 80.3 Å². The van der Waals surface area contributed by atoms with Gasteiger partial charge in [0, 0.05) is 41.6 Å². The van der Waals surface area contributed by atoms with E-state index in [1.807, 2.05) is 25.1 Å². The monoisotopic (exact) mass is 713 g/mol. The standard InChI is InChI=1S/C38H52ClN3O6S/c1-24-7-5-9-32(37-46-21-30(48-37)20-41(3)4)31-13-10-28(31)19-42-22-38(16-6-8-26-17-29(39)12-14-33(26)38)23-47-35-15-11-27(18-34(35)42)36(43)40-49(44,45)25(24)2/h11-12,14-15,17-18,24-25,28,30-32,37H,5-10,13,16,19-23H2,1-4H3,(H,40,43)/t24-,25+,28-,30+,31+,32+,37+,38-/m0/s1. The lowest BCUT2D eigenvalue weighted by molar-refractivity contribution is -0.134. The fraction of sp³-hybridized carbons (Fsp3) is 0.658. The maximum atomic E-state index is 13.6. The van der Waals surface area contributed by atoms with E-state index in [0.29, 0.717) is 30.6 Å². The summed E-state index contributed by atoms with van der Waals surface area (Å²) in [4.78, 5) is 18.1. The summed E-state index contributed by atoms with van der Waals surface area (Å²) in [7, 11) is 0.217. The van der Waals surface area contributed by atoms with Gasteiger partial charge in [0.05, 0.1) is 30.3 Å². The zero-order valence-electron chi connectivity index (χ0n) is 29.3. The lowest BCUT2D eigenvalue weighted by Crippen LogP contribution is -2.50. The normalized spacial score (nSPS) is 34.7. The molecule has 2 aromatic rings. The van der Waals surface area contributed by atoms with Gasteiger partial charge in [0.25, 0.3) is 5.91 Å². The van der Waals surface area contributed by atoms with Crippen molar-refractivity contribution in [2.75, 3.05) is 51.8 Å². The van der Waals surface area contributed by atoms with Crippen LogP contribution in [0.4, 0.5) is 5.69 Å². The molecule has 49 heavy (non-hydrogen) atoms. The van der Waals surface area contributed by atoms with Crippen molar-refractivity contribution in [2.45, 2.75) is 88.3 Å². The first-order chi connectivity index (χ1) is 23.4. The Bertz CT molecular complexity index is 1650. The van der Waals surface area contributed by atoms with E-state index in [1.165, 1.54) is 11.1 Å². The van der Waals surface area contributed by atoms with Crippen LogP contribution in [0.5, 0.6) is 5.75 Å². The number of likely N-dealkylation sites (N-methyl/N-ethyl adjacent to an activating group) is 1. The van der Waals surface area contributed by atoms with E-state index in [4.69, 9.17) is 25.8 Å². The average Bonchev–Trinajstić information content (AvgIpc) is 3.44. The molecule has 0 unspecified atom stereocenters. The van der Waals surface area contributed by atoms with Gasteiger partial charge in [0.2, 0.25) is 10.0 Å². The summed E-state index contributed by atoms with van der Waals surface area (Å²) in [6.07, 6.45) is 7.55. The quantitative estimate of drug-likeness (QED) is 0.412. The third-order valence-electron chi connectivity index (χ3n) is 12.2. The number of hydrogen-bond donors (Lipinski definition) is 1. The Hall–Kier alpha value is -2.37. The molecule has 5 aliphatic rings. The van der Waals surface area contributed by atoms with Crippen LogP contribution in [-0.2, 0) is 31.3 Å². The first-order valence-electron chi connectivity index (χ1n) is 18.2. The van der Waals surface area contributed by atoms with Gasteiger partial charge in [-0.25, -0.2) is 13.1 Å². The van der Waals surface area contributed by atoms with Crippen molar-refractivity contribution in [2.24, 2.45) is 23.7 Å². The molecule has 268 valence electrons. The van der Waals surface area contributed by atoms with Crippen LogP contribution in [0.25, 0.3) is 0 Å². The lowest BCUT2D eigenvalue weighted by Gasteiger charge is -2.47. The van der Waals surface area contributed by atoms with Crippen molar-refractivity contribution in [1.82, 2.24) is 9.62 Å². The summed E-state index contributed by atoms with van der Waals surface area (Å²) in [5, 5.41) is 0.0311. The van der Waals surface area contributed by atoms with Crippen molar-refractivity contribution in [3.63, 3.8) is 0 Å². The lowest BCUT2D eigenvalue weighted by atomic mass is 9.64. The second-order valence-electron chi connectivity index (χ2n) is 15.8. The van der Waals surface area contributed by atoms with E-state index >= 15 is 0 Å². The number of hydrogen-bond acceptors (Lipinski definition) is 8. The van der Waals surface area contributed by atoms with E-state index in [9.17, 15) is 13.2 Å². The number of anilines is 1. The number of nitrogens with one attached hydrogen (secondary N) is 1. The highest BCUT2D eigenvalue weighted by Gasteiger charge is 2.47. The van der Waals surface area contributed by atoms with Gasteiger partial charge in [-0.05, 0) is 125 Å². The Morgan fingerprint density at radius 2 is 1.88 bits per heavy atom. The number of ether oxygens (including phenoxy) is 3. The molecular weight excluding hydrogens is 662 g/mol. The van der Waals surface area contributed by atoms with Gasteiger partial charge in [-0.3, -0.25) is 4.79 Å². The number of carbonyl (C=O) groups is 1. The summed E-state index contributed by atoms with van der Waals surface area (Å²) in [6, 6.07) is 11.6. The summed E-state index contributed by atoms with van der Waals surface area (Å²) < 4.78 is 49.0. The Kier molecular flexibility index (Phi) is 10.0. The van der Waals surface area contributed by atoms with Crippen LogP contribution in [0, 0.1) is 23.7 Å². The fourth-order valence-electron chi connectivity index (χ4n) is 9.17. The highest BCUT2D eigenvalue weighted by molar-refractivity contribution is 7.90. The van der Waals surface area contributed by atoms with Crippen LogP contribution < -0.4 is 14.4 Å². The third kappa shape index (κ3) is 7.10. The molecule has 9 nitrogen and oxygen atoms in total. The SMILES string of the molecule is C[C@@H]1[C@@H](C)CCC[C@@H]([C@@H]2OC[C@@H](CN(C)C)O2)[C@@H]2CC[C@H]2CN2C[C@@]3(CCCc4cc(Cl)ccc43)COc3ccc(cc32)C(=O)NS1(=O)=O. The summed E-state index contributed by atoms with van der Waals surface area (Å²) in [6.45, 7) is 7.16. The van der Waals surface area contributed by atoms with E-state index in [2.05, 4.69) is 40.7 Å². The van der Waals surface area contributed by atoms with E-state index in [1.54, 1.807) is 13.0 Å². The number of halogens is 1. The van der Waals surface area contributed by atoms with Crippen LogP contribution >= 0.6 is 11.6 Å². The molecule has 2 aliphatic carbocycles. The van der Waals surface area contributed by atoms with Crippen LogP contribution in [0.3, 0.4) is 0 Å². The topological polar surface area (TPSA) is 97.4 Å². The number of amides is 1. The van der Waals surface area contributed by atoms with Crippen LogP contribution in [-0.4, -0.2) is 83.8 Å². The first-order valence-corrected chi connectivity index (χ1v) is 20.1. The predicted molar refractivity (Wildman–Crippen MR) is 192 cm³/mol. The van der Waals surface area contributed by atoms with Crippen LogP contribution in [0.15, 0.2) is 36.4 Å². The van der Waals surface area contributed by atoms with E-state index < -0.39 is 21.2 Å². The zero-order chi connectivity index (χ0) is 34.5. The molecule has 1 saturated carbocycles. The Balaban J connectivity index is 1.27. The predicted octanol–water partition coefficient (Wildman–Crippen LogP) is 6.03. The van der Waals surface area contributed by atoms with Crippen molar-refractivity contribution in [3.8, 4) is 5.75 Å². The van der Waals surface area contributed by atoms with Crippen molar-refractivity contribution in [3.05, 3.63) is 58.1 Å². The Morgan fingerprint density at radius 1 is 1.04 bits per heavy atom. The minimum absolute atomic E-state index is 0.0411. The smallest absolute Gasteiger partial charge is 0.264 e. The highest BCUT2D eigenvalue weighted by Crippen LogP contribution is 2.49. The number of fused-ring (bicyclic) bond motifs is 4. The van der Waals surface area contributed by atoms with Crippen molar-refractivity contribution in [1.29, 1.82) is 0 Å². The molecule has 1 saturated heterocycles. The maximum Gasteiger partial charge on any atom is 0.264 e. The number of nitrogens with zero attached hydrogens (tertiary/aromatic N) is 2. The van der Waals surface area contributed by atoms with Crippen molar-refractivity contribution < 1.29 is 27.4 Å². The largest absolute Gasteiger partial charge is 0.490 e. The molecule has 2 fully saturated rings. The molecule has 11 heteroatoms. The minimum atomic E-state index is -3.90. The molecule has 2 aromatic carbocycles. The number of sulfonamides is 1. The molecule has 0 aromatic heterocycles. The zero-order valence-corrected chi connectivity index (χ0v) is 30.9. The van der Waals surface area contributed by atoms with Gasteiger partial charge in [-0.1, -0.05) is 31.0 Å². The molecule has 1 amide bonds. The molecule has 3 aliphatic heterocycles. The molecule has 3 heterocycles. The number of benzene rings is 2. The van der Waals surface area contributed by atoms with Gasteiger partial charge < -0.3 is 24.0 Å². The number of aryl methyl sites for hydroxylation is 1. The Morgan fingerprint density at radius 3 is 2.65 bits per heavy atom. The second-order valence-corrected chi connectivity index (χ2v) is 18.2.